The zero-order valence-electron chi connectivity index (χ0n) is 24.6. The van der Waals surface area contributed by atoms with Gasteiger partial charge in [0.15, 0.2) is 17.3 Å². The van der Waals surface area contributed by atoms with Gasteiger partial charge in [-0.25, -0.2) is 0 Å². The van der Waals surface area contributed by atoms with E-state index in [9.17, 15) is 14.3 Å². The van der Waals surface area contributed by atoms with Gasteiger partial charge in [0, 0.05) is 13.0 Å². The number of rotatable bonds is 13. The van der Waals surface area contributed by atoms with Gasteiger partial charge in [0.2, 0.25) is 5.82 Å². The molecule has 3 aliphatic rings. The molecule has 0 aliphatic heterocycles. The van der Waals surface area contributed by atoms with Crippen LogP contribution in [0.25, 0.3) is 0 Å². The monoisotopic (exact) mass is 544 g/mol. The Balaban J connectivity index is 1.07. The summed E-state index contributed by atoms with van der Waals surface area (Å²) in [4.78, 5) is 12.6. The van der Waals surface area contributed by atoms with E-state index in [0.29, 0.717) is 25.0 Å². The summed E-state index contributed by atoms with van der Waals surface area (Å²) < 4.78 is 25.8. The number of aromatic hydroxyl groups is 1. The van der Waals surface area contributed by atoms with Crippen molar-refractivity contribution in [3.05, 3.63) is 23.5 Å². The summed E-state index contributed by atoms with van der Waals surface area (Å²) in [7, 11) is 0. The standard InChI is InChI=1S/C34H53FO4/c1-3-6-24-9-15-27(16-10-24)28-17-11-26(12-18-28)23-39-29-19-13-25(14-20-29)7-5-8-31(36)30-21-22-32(38-4-2)33(35)34(30)37/h21-22,24-29,37H,3-20,23H2,1-2H3. The molecule has 4 rings (SSSR count). The highest BCUT2D eigenvalue weighted by molar-refractivity contribution is 5.98. The molecule has 1 aromatic carbocycles. The minimum absolute atomic E-state index is 0.0156. The van der Waals surface area contributed by atoms with E-state index >= 15 is 0 Å². The molecule has 3 fully saturated rings. The van der Waals surface area contributed by atoms with Gasteiger partial charge in [-0.05, 0) is 119 Å². The van der Waals surface area contributed by atoms with Crippen molar-refractivity contribution >= 4 is 5.78 Å². The highest BCUT2D eigenvalue weighted by atomic mass is 19.1. The van der Waals surface area contributed by atoms with Crippen LogP contribution in [-0.2, 0) is 4.74 Å². The summed E-state index contributed by atoms with van der Waals surface area (Å²) in [5.74, 6) is 2.71. The Morgan fingerprint density at radius 2 is 1.44 bits per heavy atom. The second-order valence-corrected chi connectivity index (χ2v) is 12.8. The third-order valence-corrected chi connectivity index (χ3v) is 10.2. The smallest absolute Gasteiger partial charge is 0.207 e. The van der Waals surface area contributed by atoms with E-state index in [4.69, 9.17) is 9.47 Å². The number of carbonyl (C=O) groups excluding carboxylic acids is 1. The van der Waals surface area contributed by atoms with E-state index in [2.05, 4.69) is 6.92 Å². The maximum atomic E-state index is 14.2. The largest absolute Gasteiger partial charge is 0.504 e. The molecule has 0 amide bonds. The normalized spacial score (nSPS) is 29.7. The SMILES string of the molecule is CCCC1CCC(C2CCC(COC3CCC(CCCC(=O)c4ccc(OCC)c(F)c4O)CC3)CC2)CC1. The van der Waals surface area contributed by atoms with Gasteiger partial charge in [0.05, 0.1) is 18.3 Å². The summed E-state index contributed by atoms with van der Waals surface area (Å²) in [6.45, 7) is 5.33. The molecule has 3 aliphatic carbocycles. The number of phenols is 1. The van der Waals surface area contributed by atoms with Gasteiger partial charge in [-0.15, -0.1) is 0 Å². The molecule has 0 unspecified atom stereocenters. The number of benzene rings is 1. The van der Waals surface area contributed by atoms with Crippen molar-refractivity contribution in [2.45, 2.75) is 129 Å². The first-order chi connectivity index (χ1) is 19.0. The van der Waals surface area contributed by atoms with Crippen molar-refractivity contribution in [2.75, 3.05) is 13.2 Å². The molecule has 0 heterocycles. The Kier molecular flexibility index (Phi) is 12.0. The molecule has 39 heavy (non-hydrogen) atoms. The number of ether oxygens (including phenoxy) is 2. The van der Waals surface area contributed by atoms with Crippen molar-refractivity contribution in [1.29, 1.82) is 0 Å². The van der Waals surface area contributed by atoms with Gasteiger partial charge in [0.1, 0.15) is 0 Å². The molecular weight excluding hydrogens is 491 g/mol. The zero-order chi connectivity index (χ0) is 27.6. The molecule has 0 atom stereocenters. The lowest BCUT2D eigenvalue weighted by molar-refractivity contribution is -0.0130. The van der Waals surface area contributed by atoms with E-state index in [1.807, 2.05) is 0 Å². The van der Waals surface area contributed by atoms with Gasteiger partial charge < -0.3 is 14.6 Å². The molecule has 220 valence electrons. The Morgan fingerprint density at radius 3 is 2.05 bits per heavy atom. The van der Waals surface area contributed by atoms with Crippen molar-refractivity contribution in [3.8, 4) is 11.5 Å². The number of halogens is 1. The van der Waals surface area contributed by atoms with Crippen LogP contribution >= 0.6 is 0 Å². The summed E-state index contributed by atoms with van der Waals surface area (Å²) in [5.41, 5.74) is 0.0569. The minimum Gasteiger partial charge on any atom is -0.504 e. The van der Waals surface area contributed by atoms with E-state index in [1.165, 1.54) is 76.3 Å². The van der Waals surface area contributed by atoms with Crippen LogP contribution in [-0.4, -0.2) is 30.2 Å². The Morgan fingerprint density at radius 1 is 0.846 bits per heavy atom. The molecule has 5 heteroatoms. The molecule has 0 radical (unpaired) electrons. The molecule has 0 saturated heterocycles. The zero-order valence-corrected chi connectivity index (χ0v) is 24.6. The summed E-state index contributed by atoms with van der Waals surface area (Å²) in [6.07, 6.45) is 21.4. The van der Waals surface area contributed by atoms with Gasteiger partial charge in [0.25, 0.3) is 0 Å². The van der Waals surface area contributed by atoms with Crippen LogP contribution < -0.4 is 4.74 Å². The fraction of sp³-hybridized carbons (Fsp3) is 0.794. The third kappa shape index (κ3) is 8.68. The lowest BCUT2D eigenvalue weighted by atomic mass is 9.69. The lowest BCUT2D eigenvalue weighted by Gasteiger charge is -2.38. The highest BCUT2D eigenvalue weighted by Crippen LogP contribution is 2.42. The molecule has 3 saturated carbocycles. The lowest BCUT2D eigenvalue weighted by Crippen LogP contribution is -2.29. The Labute approximate surface area is 236 Å². The predicted octanol–water partition coefficient (Wildman–Crippen LogP) is 9.27. The van der Waals surface area contributed by atoms with Crippen molar-refractivity contribution < 1.29 is 23.8 Å². The van der Waals surface area contributed by atoms with Gasteiger partial charge in [-0.1, -0.05) is 39.0 Å². The second kappa shape index (κ2) is 15.4. The van der Waals surface area contributed by atoms with Gasteiger partial charge >= 0.3 is 0 Å². The number of Topliss-reactive ketones (excluding diaryl/α,β-unsaturated/α-hetero) is 1. The quantitative estimate of drug-likeness (QED) is 0.251. The van der Waals surface area contributed by atoms with E-state index in [-0.39, 0.29) is 17.1 Å². The number of hydrogen-bond donors (Lipinski definition) is 1. The third-order valence-electron chi connectivity index (χ3n) is 10.2. The van der Waals surface area contributed by atoms with E-state index < -0.39 is 11.6 Å². The van der Waals surface area contributed by atoms with Crippen molar-refractivity contribution in [2.24, 2.45) is 29.6 Å². The average molecular weight is 545 g/mol. The molecule has 0 aromatic heterocycles. The molecule has 4 nitrogen and oxygen atoms in total. The number of ketones is 1. The topological polar surface area (TPSA) is 55.8 Å². The van der Waals surface area contributed by atoms with Crippen molar-refractivity contribution in [3.63, 3.8) is 0 Å². The summed E-state index contributed by atoms with van der Waals surface area (Å²) in [5, 5.41) is 10.1. The van der Waals surface area contributed by atoms with E-state index in [0.717, 1.165) is 68.8 Å². The van der Waals surface area contributed by atoms with Gasteiger partial charge in [-0.2, -0.15) is 4.39 Å². The maximum Gasteiger partial charge on any atom is 0.207 e. The number of phenolic OH excluding ortho intramolecular Hbond substituents is 1. The number of hydrogen-bond acceptors (Lipinski definition) is 4. The van der Waals surface area contributed by atoms with Crippen LogP contribution in [0.2, 0.25) is 0 Å². The molecule has 1 aromatic rings. The predicted molar refractivity (Wildman–Crippen MR) is 155 cm³/mol. The Bertz CT molecular complexity index is 877. The molecular formula is C34H53FO4. The van der Waals surface area contributed by atoms with Crippen LogP contribution in [0, 0.1) is 35.4 Å². The molecule has 0 bridgehead atoms. The first kappa shape index (κ1) is 30.3. The first-order valence-electron chi connectivity index (χ1n) is 16.3. The molecule has 0 spiro atoms. The van der Waals surface area contributed by atoms with Gasteiger partial charge in [-0.3, -0.25) is 4.79 Å². The average Bonchev–Trinajstić information content (AvgIpc) is 2.96. The van der Waals surface area contributed by atoms with Crippen molar-refractivity contribution in [1.82, 2.24) is 0 Å². The maximum absolute atomic E-state index is 14.2. The summed E-state index contributed by atoms with van der Waals surface area (Å²) in [6, 6.07) is 2.90. The Hall–Kier alpha value is -1.62. The van der Waals surface area contributed by atoms with Crippen LogP contribution in [0.15, 0.2) is 12.1 Å². The summed E-state index contributed by atoms with van der Waals surface area (Å²) >= 11 is 0. The molecule has 1 N–H and O–H groups in total. The first-order valence-corrected chi connectivity index (χ1v) is 16.3. The highest BCUT2D eigenvalue weighted by Gasteiger charge is 2.31. The minimum atomic E-state index is -0.848. The second-order valence-electron chi connectivity index (χ2n) is 12.8. The van der Waals surface area contributed by atoms with E-state index in [1.54, 1.807) is 6.92 Å². The van der Waals surface area contributed by atoms with Crippen LogP contribution in [0.1, 0.15) is 133 Å². The fourth-order valence-corrected chi connectivity index (χ4v) is 7.77. The van der Waals surface area contributed by atoms with Crippen LogP contribution in [0.4, 0.5) is 4.39 Å². The number of carbonyl (C=O) groups is 1. The van der Waals surface area contributed by atoms with Crippen LogP contribution in [0.5, 0.6) is 11.5 Å². The van der Waals surface area contributed by atoms with Crippen LogP contribution in [0.3, 0.4) is 0 Å². The fourth-order valence-electron chi connectivity index (χ4n) is 7.77.